The number of pyridine rings is 1. The van der Waals surface area contributed by atoms with Crippen LogP contribution in [0, 0.1) is 0 Å². The van der Waals surface area contributed by atoms with Gasteiger partial charge in [0.25, 0.3) is 0 Å². The number of nitrogens with zero attached hydrogens (tertiary/aromatic N) is 1. The SMILES string of the molecule is OCc1ccc(SCc2cccnc2Cl)cc1. The van der Waals surface area contributed by atoms with Crippen LogP contribution < -0.4 is 0 Å². The molecular weight excluding hydrogens is 254 g/mol. The minimum absolute atomic E-state index is 0.0827. The summed E-state index contributed by atoms with van der Waals surface area (Å²) in [7, 11) is 0. The second-order valence-corrected chi connectivity index (χ2v) is 4.95. The number of rotatable bonds is 4. The molecule has 17 heavy (non-hydrogen) atoms. The molecule has 0 aliphatic heterocycles. The highest BCUT2D eigenvalue weighted by Gasteiger charge is 2.01. The highest BCUT2D eigenvalue weighted by molar-refractivity contribution is 7.98. The first-order chi connectivity index (χ1) is 8.29. The highest BCUT2D eigenvalue weighted by Crippen LogP contribution is 2.25. The van der Waals surface area contributed by atoms with Crippen molar-refractivity contribution >= 4 is 23.4 Å². The van der Waals surface area contributed by atoms with Crippen molar-refractivity contribution in [3.63, 3.8) is 0 Å². The first-order valence-corrected chi connectivity index (χ1v) is 6.58. The molecule has 4 heteroatoms. The summed E-state index contributed by atoms with van der Waals surface area (Å²) in [5.74, 6) is 0.797. The Hall–Kier alpha value is -1.03. The molecule has 0 fully saturated rings. The number of aliphatic hydroxyl groups is 1. The number of thioether (sulfide) groups is 1. The van der Waals surface area contributed by atoms with Crippen LogP contribution in [0.3, 0.4) is 0 Å². The van der Waals surface area contributed by atoms with Crippen LogP contribution in [0.5, 0.6) is 0 Å². The van der Waals surface area contributed by atoms with E-state index >= 15 is 0 Å². The average molecular weight is 266 g/mol. The van der Waals surface area contributed by atoms with Gasteiger partial charge in [-0.05, 0) is 29.3 Å². The molecule has 0 aliphatic carbocycles. The molecule has 0 spiro atoms. The molecule has 1 aromatic carbocycles. The molecule has 2 aromatic rings. The summed E-state index contributed by atoms with van der Waals surface area (Å²) < 4.78 is 0. The van der Waals surface area contributed by atoms with E-state index in [0.717, 1.165) is 21.8 Å². The second-order valence-electron chi connectivity index (χ2n) is 3.54. The highest BCUT2D eigenvalue weighted by atomic mass is 35.5. The fraction of sp³-hybridized carbons (Fsp3) is 0.154. The van der Waals surface area contributed by atoms with Crippen LogP contribution in [0.4, 0.5) is 0 Å². The summed E-state index contributed by atoms with van der Waals surface area (Å²) in [6.07, 6.45) is 1.69. The van der Waals surface area contributed by atoms with Crippen molar-refractivity contribution in [2.45, 2.75) is 17.3 Å². The van der Waals surface area contributed by atoms with Gasteiger partial charge >= 0.3 is 0 Å². The summed E-state index contributed by atoms with van der Waals surface area (Å²) in [5, 5.41) is 9.50. The van der Waals surface area contributed by atoms with E-state index in [1.54, 1.807) is 18.0 Å². The minimum atomic E-state index is 0.0827. The molecule has 0 atom stereocenters. The first kappa shape index (κ1) is 12.4. The van der Waals surface area contributed by atoms with Gasteiger partial charge in [-0.25, -0.2) is 4.98 Å². The summed E-state index contributed by atoms with van der Waals surface area (Å²) in [4.78, 5) is 5.19. The maximum Gasteiger partial charge on any atom is 0.133 e. The van der Waals surface area contributed by atoms with E-state index in [9.17, 15) is 0 Å². The Morgan fingerprint density at radius 3 is 2.59 bits per heavy atom. The van der Waals surface area contributed by atoms with Crippen LogP contribution in [0.15, 0.2) is 47.5 Å². The predicted octanol–water partition coefficient (Wildman–Crippen LogP) is 3.52. The average Bonchev–Trinajstić information content (AvgIpc) is 2.38. The van der Waals surface area contributed by atoms with Gasteiger partial charge in [-0.15, -0.1) is 11.8 Å². The van der Waals surface area contributed by atoms with E-state index in [-0.39, 0.29) is 6.61 Å². The molecule has 0 saturated heterocycles. The Kier molecular flexibility index (Phi) is 4.42. The van der Waals surface area contributed by atoms with Crippen molar-refractivity contribution in [1.82, 2.24) is 4.98 Å². The monoisotopic (exact) mass is 265 g/mol. The zero-order valence-electron chi connectivity index (χ0n) is 9.14. The summed E-state index contributed by atoms with van der Waals surface area (Å²) in [5.41, 5.74) is 1.96. The first-order valence-electron chi connectivity index (χ1n) is 5.21. The van der Waals surface area contributed by atoms with Crippen molar-refractivity contribution in [2.24, 2.45) is 0 Å². The normalized spacial score (nSPS) is 10.5. The van der Waals surface area contributed by atoms with Gasteiger partial charge in [-0.3, -0.25) is 0 Å². The molecule has 0 radical (unpaired) electrons. The third kappa shape index (κ3) is 3.46. The smallest absolute Gasteiger partial charge is 0.133 e. The lowest BCUT2D eigenvalue weighted by Crippen LogP contribution is -1.86. The largest absolute Gasteiger partial charge is 0.392 e. The van der Waals surface area contributed by atoms with Gasteiger partial charge in [0.2, 0.25) is 0 Å². The van der Waals surface area contributed by atoms with Crippen LogP contribution in [0.2, 0.25) is 5.15 Å². The zero-order chi connectivity index (χ0) is 12.1. The van der Waals surface area contributed by atoms with E-state index in [1.807, 2.05) is 36.4 Å². The molecule has 1 N–H and O–H groups in total. The fourth-order valence-corrected chi connectivity index (χ4v) is 2.53. The topological polar surface area (TPSA) is 33.1 Å². The van der Waals surface area contributed by atoms with Crippen molar-refractivity contribution in [2.75, 3.05) is 0 Å². The minimum Gasteiger partial charge on any atom is -0.392 e. The zero-order valence-corrected chi connectivity index (χ0v) is 10.7. The van der Waals surface area contributed by atoms with Crippen LogP contribution in [-0.4, -0.2) is 10.1 Å². The Bertz CT molecular complexity index is 487. The van der Waals surface area contributed by atoms with E-state index in [2.05, 4.69) is 4.98 Å². The lowest BCUT2D eigenvalue weighted by Gasteiger charge is -2.04. The molecule has 1 aromatic heterocycles. The van der Waals surface area contributed by atoms with Crippen LogP contribution in [0.1, 0.15) is 11.1 Å². The molecule has 0 saturated carbocycles. The Balaban J connectivity index is 2.00. The number of aromatic nitrogens is 1. The Morgan fingerprint density at radius 2 is 1.94 bits per heavy atom. The van der Waals surface area contributed by atoms with Crippen molar-refractivity contribution in [1.29, 1.82) is 0 Å². The standard InChI is InChI=1S/C13H12ClNOS/c14-13-11(2-1-7-15-13)9-17-12-5-3-10(8-16)4-6-12/h1-7,16H,8-9H2. The second kappa shape index (κ2) is 6.05. The van der Waals surface area contributed by atoms with E-state index < -0.39 is 0 Å². The number of aliphatic hydroxyl groups excluding tert-OH is 1. The molecule has 88 valence electrons. The van der Waals surface area contributed by atoms with Gasteiger partial charge in [0.1, 0.15) is 5.15 Å². The molecule has 2 rings (SSSR count). The molecule has 0 unspecified atom stereocenters. The molecular formula is C13H12ClNOS. The summed E-state index contributed by atoms with van der Waals surface area (Å²) in [6.45, 7) is 0.0827. The van der Waals surface area contributed by atoms with Crippen molar-refractivity contribution in [3.05, 3.63) is 58.9 Å². The van der Waals surface area contributed by atoms with Crippen LogP contribution >= 0.6 is 23.4 Å². The van der Waals surface area contributed by atoms with Gasteiger partial charge in [-0.1, -0.05) is 29.8 Å². The molecule has 2 nitrogen and oxygen atoms in total. The molecule has 0 amide bonds. The Labute approximate surface area is 110 Å². The van der Waals surface area contributed by atoms with Crippen molar-refractivity contribution < 1.29 is 5.11 Å². The van der Waals surface area contributed by atoms with Gasteiger partial charge in [0.15, 0.2) is 0 Å². The number of hydrogen-bond donors (Lipinski definition) is 1. The fourth-order valence-electron chi connectivity index (χ4n) is 1.38. The predicted molar refractivity (Wildman–Crippen MR) is 71.2 cm³/mol. The van der Waals surface area contributed by atoms with Crippen molar-refractivity contribution in [3.8, 4) is 0 Å². The third-order valence-corrected chi connectivity index (χ3v) is 3.74. The lowest BCUT2D eigenvalue weighted by atomic mass is 10.2. The summed E-state index contributed by atoms with van der Waals surface area (Å²) in [6, 6.07) is 11.7. The summed E-state index contributed by atoms with van der Waals surface area (Å²) >= 11 is 7.68. The van der Waals surface area contributed by atoms with E-state index in [1.165, 1.54) is 0 Å². The number of benzene rings is 1. The van der Waals surface area contributed by atoms with Crippen LogP contribution in [-0.2, 0) is 12.4 Å². The molecule has 1 heterocycles. The Morgan fingerprint density at radius 1 is 1.18 bits per heavy atom. The third-order valence-electron chi connectivity index (χ3n) is 2.34. The molecule has 0 aliphatic rings. The van der Waals surface area contributed by atoms with Gasteiger partial charge in [0.05, 0.1) is 6.61 Å². The molecule has 0 bridgehead atoms. The maximum absolute atomic E-state index is 8.94. The van der Waals surface area contributed by atoms with Crippen LogP contribution in [0.25, 0.3) is 0 Å². The van der Waals surface area contributed by atoms with Gasteiger partial charge in [0, 0.05) is 16.8 Å². The van der Waals surface area contributed by atoms with E-state index in [0.29, 0.717) is 5.15 Å². The number of hydrogen-bond acceptors (Lipinski definition) is 3. The van der Waals surface area contributed by atoms with E-state index in [4.69, 9.17) is 16.7 Å². The lowest BCUT2D eigenvalue weighted by molar-refractivity contribution is 0.282. The number of halogens is 1. The maximum atomic E-state index is 8.94. The quantitative estimate of drug-likeness (QED) is 0.678. The van der Waals surface area contributed by atoms with Gasteiger partial charge < -0.3 is 5.11 Å². The van der Waals surface area contributed by atoms with Gasteiger partial charge in [-0.2, -0.15) is 0 Å².